The number of nitrogens with one attached hydrogen (secondary N) is 1. The van der Waals surface area contributed by atoms with Gasteiger partial charge >= 0.3 is 0 Å². The van der Waals surface area contributed by atoms with Crippen molar-refractivity contribution in [2.24, 2.45) is 5.73 Å². The van der Waals surface area contributed by atoms with E-state index in [9.17, 15) is 9.59 Å². The predicted octanol–water partition coefficient (Wildman–Crippen LogP) is 3.13. The number of pyridine rings is 2. The summed E-state index contributed by atoms with van der Waals surface area (Å²) in [7, 11) is 1.82. The molecule has 2 aromatic rings. The van der Waals surface area contributed by atoms with Crippen LogP contribution in [-0.2, 0) is 4.79 Å². The lowest BCUT2D eigenvalue weighted by atomic mass is 10.0. The summed E-state index contributed by atoms with van der Waals surface area (Å²) in [5.41, 5.74) is 8.37. The second-order valence-corrected chi connectivity index (χ2v) is 8.10. The standard InChI is InChI=1S/C22H28N6O2/c1-4-16-22(30)27(3)18-12-24-19(10-17(18)28(16)15-7-5-6-8-15)26-21-13(2)9-14(11-25-21)20(23)29/h9-12,15-16H,4-8H2,1-3H3,(H2,23,29)(H,24,25,26)/t16-/m1/s1. The van der Waals surface area contributed by atoms with Crippen molar-refractivity contribution in [2.75, 3.05) is 22.2 Å². The highest BCUT2D eigenvalue weighted by Crippen LogP contribution is 2.41. The Labute approximate surface area is 176 Å². The van der Waals surface area contributed by atoms with Crippen molar-refractivity contribution in [3.05, 3.63) is 35.7 Å². The number of hydrogen-bond acceptors (Lipinski definition) is 6. The van der Waals surface area contributed by atoms with Gasteiger partial charge in [0.1, 0.15) is 17.7 Å². The van der Waals surface area contributed by atoms with Crippen molar-refractivity contribution in [1.29, 1.82) is 0 Å². The molecule has 30 heavy (non-hydrogen) atoms. The maximum Gasteiger partial charge on any atom is 0.250 e. The summed E-state index contributed by atoms with van der Waals surface area (Å²) in [4.78, 5) is 37.2. The summed E-state index contributed by atoms with van der Waals surface area (Å²) >= 11 is 0. The third-order valence-corrected chi connectivity index (χ3v) is 6.17. The maximum absolute atomic E-state index is 13.0. The molecule has 1 aliphatic heterocycles. The first-order chi connectivity index (χ1) is 14.4. The summed E-state index contributed by atoms with van der Waals surface area (Å²) in [5, 5.41) is 3.25. The van der Waals surface area contributed by atoms with E-state index < -0.39 is 5.91 Å². The number of nitrogens with two attached hydrogens (primary N) is 1. The Kier molecular flexibility index (Phi) is 5.32. The van der Waals surface area contributed by atoms with Gasteiger partial charge in [-0.15, -0.1) is 0 Å². The van der Waals surface area contributed by atoms with Crippen LogP contribution in [0.4, 0.5) is 23.0 Å². The van der Waals surface area contributed by atoms with Gasteiger partial charge in [-0.05, 0) is 37.8 Å². The SMILES string of the molecule is CC[C@@H]1C(=O)N(C)c2cnc(Nc3ncc(C(N)=O)cc3C)cc2N1C1CCCC1. The Morgan fingerprint density at radius 1 is 1.20 bits per heavy atom. The number of hydrogen-bond donors (Lipinski definition) is 2. The number of rotatable bonds is 5. The summed E-state index contributed by atoms with van der Waals surface area (Å²) in [6.45, 7) is 3.93. The molecule has 0 radical (unpaired) electrons. The fourth-order valence-corrected chi connectivity index (χ4v) is 4.57. The van der Waals surface area contributed by atoms with Gasteiger partial charge in [-0.2, -0.15) is 0 Å². The lowest BCUT2D eigenvalue weighted by Crippen LogP contribution is -2.55. The Morgan fingerprint density at radius 3 is 2.57 bits per heavy atom. The van der Waals surface area contributed by atoms with Gasteiger partial charge in [0, 0.05) is 25.4 Å². The molecule has 3 N–H and O–H groups in total. The van der Waals surface area contributed by atoms with Crippen molar-refractivity contribution < 1.29 is 9.59 Å². The molecule has 158 valence electrons. The Balaban J connectivity index is 1.71. The van der Waals surface area contributed by atoms with Crippen molar-refractivity contribution in [1.82, 2.24) is 9.97 Å². The van der Waals surface area contributed by atoms with Crippen LogP contribution in [0.25, 0.3) is 0 Å². The molecule has 2 aromatic heterocycles. The second-order valence-electron chi connectivity index (χ2n) is 8.10. The fraction of sp³-hybridized carbons (Fsp3) is 0.455. The molecule has 2 aliphatic rings. The molecule has 8 nitrogen and oxygen atoms in total. The predicted molar refractivity (Wildman–Crippen MR) is 117 cm³/mol. The molecule has 3 heterocycles. The topological polar surface area (TPSA) is 104 Å². The zero-order chi connectivity index (χ0) is 21.4. The largest absolute Gasteiger partial charge is 0.366 e. The number of fused-ring (bicyclic) bond motifs is 1. The van der Waals surface area contributed by atoms with Gasteiger partial charge in [0.2, 0.25) is 11.8 Å². The molecule has 0 aromatic carbocycles. The van der Waals surface area contributed by atoms with E-state index in [1.54, 1.807) is 17.2 Å². The van der Waals surface area contributed by atoms with E-state index in [0.717, 1.165) is 36.2 Å². The average molecular weight is 409 g/mol. The van der Waals surface area contributed by atoms with Crippen LogP contribution in [0.1, 0.15) is 54.9 Å². The van der Waals surface area contributed by atoms with Crippen molar-refractivity contribution in [2.45, 2.75) is 58.0 Å². The third-order valence-electron chi connectivity index (χ3n) is 6.17. The summed E-state index contributed by atoms with van der Waals surface area (Å²) < 4.78 is 0. The summed E-state index contributed by atoms with van der Waals surface area (Å²) in [6, 6.07) is 3.93. The minimum Gasteiger partial charge on any atom is -0.366 e. The minimum atomic E-state index is -0.505. The van der Waals surface area contributed by atoms with Crippen LogP contribution in [0.2, 0.25) is 0 Å². The van der Waals surface area contributed by atoms with Crippen LogP contribution in [0.5, 0.6) is 0 Å². The molecular formula is C22H28N6O2. The second kappa shape index (κ2) is 7.93. The number of carbonyl (C=O) groups excluding carboxylic acids is 2. The highest BCUT2D eigenvalue weighted by atomic mass is 16.2. The first-order valence-electron chi connectivity index (χ1n) is 10.5. The molecule has 2 amide bonds. The first kappa shape index (κ1) is 20.1. The zero-order valence-electron chi connectivity index (χ0n) is 17.7. The molecule has 8 heteroatoms. The van der Waals surface area contributed by atoms with E-state index in [4.69, 9.17) is 5.73 Å². The van der Waals surface area contributed by atoms with E-state index >= 15 is 0 Å². The molecule has 1 atom stereocenters. The molecular weight excluding hydrogens is 380 g/mol. The van der Waals surface area contributed by atoms with Crippen LogP contribution in [0.15, 0.2) is 24.5 Å². The number of primary amides is 1. The quantitative estimate of drug-likeness (QED) is 0.788. The van der Waals surface area contributed by atoms with Crippen molar-refractivity contribution in [3.8, 4) is 0 Å². The fourth-order valence-electron chi connectivity index (χ4n) is 4.57. The summed E-state index contributed by atoms with van der Waals surface area (Å²) in [5.74, 6) is 0.887. The van der Waals surface area contributed by atoms with Crippen molar-refractivity contribution >= 4 is 34.8 Å². The molecule has 0 unspecified atom stereocenters. The molecule has 4 rings (SSSR count). The highest BCUT2D eigenvalue weighted by Gasteiger charge is 2.40. The van der Waals surface area contributed by atoms with Gasteiger partial charge < -0.3 is 20.9 Å². The van der Waals surface area contributed by atoms with Crippen LogP contribution >= 0.6 is 0 Å². The highest BCUT2D eigenvalue weighted by molar-refractivity contribution is 6.05. The number of nitrogens with zero attached hydrogens (tertiary/aromatic N) is 4. The smallest absolute Gasteiger partial charge is 0.250 e. The Morgan fingerprint density at radius 2 is 1.93 bits per heavy atom. The van der Waals surface area contributed by atoms with E-state index in [-0.39, 0.29) is 11.9 Å². The van der Waals surface area contributed by atoms with Crippen LogP contribution < -0.4 is 20.9 Å². The molecule has 0 bridgehead atoms. The molecule has 1 fully saturated rings. The Hall–Kier alpha value is -3.16. The number of anilines is 4. The first-order valence-corrected chi connectivity index (χ1v) is 10.5. The number of likely N-dealkylation sites (N-methyl/N-ethyl adjacent to an activating group) is 1. The normalized spacial score (nSPS) is 19.2. The van der Waals surface area contributed by atoms with Crippen LogP contribution in [0, 0.1) is 6.92 Å². The number of carbonyl (C=O) groups is 2. The average Bonchev–Trinajstić information content (AvgIpc) is 3.26. The van der Waals surface area contributed by atoms with E-state index in [1.165, 1.54) is 19.0 Å². The van der Waals surface area contributed by atoms with Gasteiger partial charge in [0.15, 0.2) is 0 Å². The lowest BCUT2D eigenvalue weighted by molar-refractivity contribution is -0.120. The van der Waals surface area contributed by atoms with Crippen molar-refractivity contribution in [3.63, 3.8) is 0 Å². The maximum atomic E-state index is 13.0. The summed E-state index contributed by atoms with van der Waals surface area (Å²) in [6.07, 6.45) is 8.57. The van der Waals surface area contributed by atoms with Gasteiger partial charge in [-0.3, -0.25) is 9.59 Å². The minimum absolute atomic E-state index is 0.124. The van der Waals surface area contributed by atoms with Crippen LogP contribution in [0.3, 0.4) is 0 Å². The van der Waals surface area contributed by atoms with Crippen LogP contribution in [-0.4, -0.2) is 40.9 Å². The van der Waals surface area contributed by atoms with Gasteiger partial charge in [-0.1, -0.05) is 19.8 Å². The number of amides is 2. The molecule has 1 aliphatic carbocycles. The lowest BCUT2D eigenvalue weighted by Gasteiger charge is -2.44. The van der Waals surface area contributed by atoms with Gasteiger partial charge in [0.25, 0.3) is 0 Å². The van der Waals surface area contributed by atoms with Gasteiger partial charge in [-0.25, -0.2) is 9.97 Å². The number of aromatic nitrogens is 2. The number of aryl methyl sites for hydroxylation is 1. The molecule has 1 saturated carbocycles. The molecule has 0 saturated heterocycles. The van der Waals surface area contributed by atoms with E-state index in [2.05, 4.69) is 27.1 Å². The van der Waals surface area contributed by atoms with Gasteiger partial charge in [0.05, 0.1) is 23.1 Å². The Bertz CT molecular complexity index is 986. The van der Waals surface area contributed by atoms with E-state index in [0.29, 0.717) is 23.2 Å². The monoisotopic (exact) mass is 408 g/mol. The zero-order valence-corrected chi connectivity index (χ0v) is 17.7. The molecule has 0 spiro atoms. The third kappa shape index (κ3) is 3.46. The van der Waals surface area contributed by atoms with E-state index in [1.807, 2.05) is 20.0 Å².